The van der Waals surface area contributed by atoms with Crippen LogP contribution in [0.5, 0.6) is 0 Å². The van der Waals surface area contributed by atoms with Gasteiger partial charge < -0.3 is 49.7 Å². The minimum atomic E-state index is -0.978. The second kappa shape index (κ2) is 21.7. The molecule has 2 aromatic rings. The first kappa shape index (κ1) is 47.1. The number of hydrogen-bond donors (Lipinski definition) is 4. The van der Waals surface area contributed by atoms with Crippen LogP contribution in [0.15, 0.2) is 93.6 Å². The molecule has 1 aliphatic carbocycles. The molecule has 2 heterocycles. The summed E-state index contributed by atoms with van der Waals surface area (Å²) < 4.78 is 32.1. The smallest absolute Gasteiger partial charge is 0.407 e. The molecule has 0 bridgehead atoms. The van der Waals surface area contributed by atoms with Gasteiger partial charge in [-0.15, -0.1) is 0 Å². The Balaban J connectivity index is 1.21. The van der Waals surface area contributed by atoms with Gasteiger partial charge in [-0.1, -0.05) is 59.6 Å². The molecular weight excluding hydrogens is 847 g/mol. The van der Waals surface area contributed by atoms with Crippen molar-refractivity contribution in [2.45, 2.75) is 77.3 Å². The number of esters is 4. The Morgan fingerprint density at radius 1 is 0.565 bits per heavy atom. The number of carbonyl (C=O) groups excluding carboxylic acids is 6. The predicted molar refractivity (Wildman–Crippen MR) is 226 cm³/mol. The fourth-order valence-corrected chi connectivity index (χ4v) is 8.29. The first-order chi connectivity index (χ1) is 29.7. The van der Waals surface area contributed by atoms with Gasteiger partial charge in [0.15, 0.2) is 0 Å². The molecule has 0 spiro atoms. The molecular formula is C44H50Cl2N4O12. The van der Waals surface area contributed by atoms with Crippen LogP contribution in [0.1, 0.15) is 76.3 Å². The van der Waals surface area contributed by atoms with E-state index >= 15 is 0 Å². The predicted octanol–water partition coefficient (Wildman–Crippen LogP) is 6.36. The zero-order valence-corrected chi connectivity index (χ0v) is 36.8. The molecule has 18 heteroatoms. The van der Waals surface area contributed by atoms with Crippen molar-refractivity contribution < 1.29 is 57.2 Å². The zero-order valence-electron chi connectivity index (χ0n) is 35.2. The number of dihydropyridines is 2. The molecule has 16 nitrogen and oxygen atoms in total. The standard InChI is InChI=1S/C44H50Cl2N4O12/c1-7-59-41(53)37-31(47-23(3)33(39(51)57-5)35(37)27-13-9-11-15-29(27)45)21-61-43(55)49-25-17-19-26(20-18-25)50-44(56)62-22-32-38(42(54)60-8-2)36(28-14-10-12-16-30(28)46)34(24(4)48-32)40(52)58-6/h9-16,25-26,35-36,47-48H,7-8,17-22H2,1-6H3,(H,49,55)(H,50,56). The maximum absolute atomic E-state index is 13.5. The van der Waals surface area contributed by atoms with Crippen LogP contribution in [0.25, 0.3) is 0 Å². The van der Waals surface area contributed by atoms with Crippen molar-refractivity contribution in [3.63, 3.8) is 0 Å². The lowest BCUT2D eigenvalue weighted by Crippen LogP contribution is -2.44. The number of methoxy groups -OCH3 is 2. The van der Waals surface area contributed by atoms with Crippen LogP contribution < -0.4 is 21.3 Å². The number of nitrogens with one attached hydrogen (secondary N) is 4. The Bertz CT molecular complexity index is 2060. The summed E-state index contributed by atoms with van der Waals surface area (Å²) in [5.41, 5.74) is 2.50. The number of amides is 2. The van der Waals surface area contributed by atoms with Crippen LogP contribution >= 0.6 is 23.2 Å². The van der Waals surface area contributed by atoms with Crippen LogP contribution in [0.4, 0.5) is 9.59 Å². The summed E-state index contributed by atoms with van der Waals surface area (Å²) in [5, 5.41) is 12.4. The average Bonchev–Trinajstić information content (AvgIpc) is 3.25. The number of ether oxygens (including phenoxy) is 6. The van der Waals surface area contributed by atoms with E-state index in [2.05, 4.69) is 21.3 Å². The van der Waals surface area contributed by atoms with Crippen molar-refractivity contribution in [2.24, 2.45) is 0 Å². The molecule has 62 heavy (non-hydrogen) atoms. The number of allylic oxidation sites excluding steroid dienone is 2. The molecule has 0 aromatic heterocycles. The van der Waals surface area contributed by atoms with Gasteiger partial charge in [-0.25, -0.2) is 28.8 Å². The minimum Gasteiger partial charge on any atom is -0.466 e. The molecule has 2 aliphatic heterocycles. The molecule has 2 aromatic carbocycles. The van der Waals surface area contributed by atoms with Crippen molar-refractivity contribution in [1.29, 1.82) is 0 Å². The highest BCUT2D eigenvalue weighted by molar-refractivity contribution is 6.32. The summed E-state index contributed by atoms with van der Waals surface area (Å²) in [6.07, 6.45) is 0.490. The van der Waals surface area contributed by atoms with E-state index < -0.39 is 47.9 Å². The summed E-state index contributed by atoms with van der Waals surface area (Å²) in [4.78, 5) is 79.3. The third-order valence-corrected chi connectivity index (χ3v) is 11.3. The zero-order chi connectivity index (χ0) is 45.1. The SMILES string of the molecule is CCOC(=O)C1=C(COC(=O)NC2CCC(NC(=O)OCC3=C(C(=O)OCC)C(c4ccccc4Cl)C(C(=O)OC)=C(C)N3)CC2)NC(C)=C(C(=O)OC)C1c1ccccc1Cl. The first-order valence-corrected chi connectivity index (χ1v) is 20.8. The normalized spacial score (nSPS) is 20.0. The lowest BCUT2D eigenvalue weighted by molar-refractivity contribution is -0.140. The number of hydrogen-bond acceptors (Lipinski definition) is 14. The number of rotatable bonds is 14. The number of halogens is 2. The van der Waals surface area contributed by atoms with Gasteiger partial charge in [-0.05, 0) is 76.6 Å². The lowest BCUT2D eigenvalue weighted by Gasteiger charge is -2.32. The molecule has 5 rings (SSSR count). The van der Waals surface area contributed by atoms with Crippen molar-refractivity contribution >= 4 is 59.3 Å². The van der Waals surface area contributed by atoms with Gasteiger partial charge >= 0.3 is 36.1 Å². The van der Waals surface area contributed by atoms with E-state index in [-0.39, 0.29) is 72.2 Å². The second-order valence-corrected chi connectivity index (χ2v) is 15.2. The summed E-state index contributed by atoms with van der Waals surface area (Å²) >= 11 is 13.2. The van der Waals surface area contributed by atoms with E-state index in [1.807, 2.05) is 0 Å². The highest BCUT2D eigenvalue weighted by Gasteiger charge is 2.42. The van der Waals surface area contributed by atoms with E-state index in [1.165, 1.54) is 14.2 Å². The second-order valence-electron chi connectivity index (χ2n) is 14.4. The molecule has 4 N–H and O–H groups in total. The molecule has 332 valence electrons. The van der Waals surface area contributed by atoms with E-state index in [0.717, 1.165) is 0 Å². The maximum atomic E-state index is 13.5. The molecule has 2 unspecified atom stereocenters. The van der Waals surface area contributed by atoms with Crippen LogP contribution in [0.2, 0.25) is 10.0 Å². The first-order valence-electron chi connectivity index (χ1n) is 20.0. The average molecular weight is 898 g/mol. The third-order valence-electron chi connectivity index (χ3n) is 10.6. The van der Waals surface area contributed by atoms with Crippen molar-refractivity contribution in [3.05, 3.63) is 115 Å². The highest BCUT2D eigenvalue weighted by Crippen LogP contribution is 2.43. The van der Waals surface area contributed by atoms with Gasteiger partial charge in [0.2, 0.25) is 0 Å². The fourth-order valence-electron chi connectivity index (χ4n) is 7.80. The summed E-state index contributed by atoms with van der Waals surface area (Å²) in [5.74, 6) is -4.76. The molecule has 2 amide bonds. The maximum Gasteiger partial charge on any atom is 0.407 e. The fraction of sp³-hybridized carbons (Fsp3) is 0.409. The Hall–Kier alpha value is -6.00. The van der Waals surface area contributed by atoms with Gasteiger partial charge in [-0.3, -0.25) is 0 Å². The van der Waals surface area contributed by atoms with E-state index in [0.29, 0.717) is 58.2 Å². The van der Waals surface area contributed by atoms with Crippen LogP contribution in [0.3, 0.4) is 0 Å². The van der Waals surface area contributed by atoms with E-state index in [1.54, 1.807) is 76.2 Å². The molecule has 2 atom stereocenters. The number of carbonyl (C=O) groups is 6. The molecule has 0 saturated heterocycles. The molecule has 1 saturated carbocycles. The van der Waals surface area contributed by atoms with Gasteiger partial charge in [0.1, 0.15) is 13.2 Å². The Kier molecular flexibility index (Phi) is 16.5. The van der Waals surface area contributed by atoms with Crippen molar-refractivity contribution in [1.82, 2.24) is 21.3 Å². The summed E-state index contributed by atoms with van der Waals surface area (Å²) in [6, 6.07) is 13.0. The van der Waals surface area contributed by atoms with E-state index in [4.69, 9.17) is 51.6 Å². The van der Waals surface area contributed by atoms with Crippen molar-refractivity contribution in [3.8, 4) is 0 Å². The largest absolute Gasteiger partial charge is 0.466 e. The summed E-state index contributed by atoms with van der Waals surface area (Å²) in [6.45, 7) is 5.94. The van der Waals surface area contributed by atoms with Crippen LogP contribution in [0, 0.1) is 0 Å². The monoisotopic (exact) mass is 896 g/mol. The van der Waals surface area contributed by atoms with E-state index in [9.17, 15) is 28.8 Å². The Morgan fingerprint density at radius 2 is 0.919 bits per heavy atom. The van der Waals surface area contributed by atoms with Crippen LogP contribution in [-0.2, 0) is 47.6 Å². The quantitative estimate of drug-likeness (QED) is 0.120. The Morgan fingerprint density at radius 3 is 1.24 bits per heavy atom. The molecule has 1 fully saturated rings. The third kappa shape index (κ3) is 10.9. The summed E-state index contributed by atoms with van der Waals surface area (Å²) in [7, 11) is 2.47. The topological polar surface area (TPSA) is 206 Å². The Labute approximate surface area is 369 Å². The highest BCUT2D eigenvalue weighted by atomic mass is 35.5. The molecule has 3 aliphatic rings. The van der Waals surface area contributed by atoms with Gasteiger partial charge in [-0.2, -0.15) is 0 Å². The number of benzene rings is 2. The van der Waals surface area contributed by atoms with Gasteiger partial charge in [0, 0.05) is 33.5 Å². The van der Waals surface area contributed by atoms with Gasteiger partial charge in [0.25, 0.3) is 0 Å². The minimum absolute atomic E-state index is 0.0443. The van der Waals surface area contributed by atoms with Gasteiger partial charge in [0.05, 0.1) is 73.0 Å². The lowest BCUT2D eigenvalue weighted by atomic mass is 9.80. The van der Waals surface area contributed by atoms with Crippen molar-refractivity contribution in [2.75, 3.05) is 40.6 Å². The number of alkyl carbamates (subject to hydrolysis) is 2. The van der Waals surface area contributed by atoms with Crippen LogP contribution in [-0.4, -0.2) is 88.8 Å². The molecule has 0 radical (unpaired) electrons.